The van der Waals surface area contributed by atoms with Crippen molar-refractivity contribution in [3.8, 4) is 22.5 Å². The van der Waals surface area contributed by atoms with E-state index in [4.69, 9.17) is 2.74 Å². The second-order valence-corrected chi connectivity index (χ2v) is 19.3. The van der Waals surface area contributed by atoms with Crippen LogP contribution in [0.15, 0.2) is 109 Å². The van der Waals surface area contributed by atoms with Crippen molar-refractivity contribution < 1.29 is 22.8 Å². The molecule has 3 aromatic heterocycles. The minimum atomic E-state index is -1.33. The van der Waals surface area contributed by atoms with Gasteiger partial charge >= 0.3 is 0 Å². The first-order valence-electron chi connectivity index (χ1n) is 17.4. The van der Waals surface area contributed by atoms with E-state index in [1.54, 1.807) is 17.5 Å². The fourth-order valence-electron chi connectivity index (χ4n) is 6.35. The second kappa shape index (κ2) is 14.7. The topological polar surface area (TPSA) is 25.8 Å². The molecule has 1 fully saturated rings. The van der Waals surface area contributed by atoms with Crippen LogP contribution in [0.5, 0.6) is 0 Å². The number of aromatic nitrogens is 2. The number of pyridine rings is 2. The second-order valence-electron chi connectivity index (χ2n) is 13.2. The molecule has 239 valence electrons. The third-order valence-electron chi connectivity index (χ3n) is 8.93. The van der Waals surface area contributed by atoms with Crippen LogP contribution in [0.2, 0.25) is 19.6 Å². The molecule has 0 bridgehead atoms. The van der Waals surface area contributed by atoms with Gasteiger partial charge in [-0.15, -0.1) is 59.7 Å². The van der Waals surface area contributed by atoms with E-state index in [0.29, 0.717) is 0 Å². The van der Waals surface area contributed by atoms with Gasteiger partial charge in [0, 0.05) is 39.9 Å². The minimum absolute atomic E-state index is 0. The van der Waals surface area contributed by atoms with Crippen LogP contribution in [-0.4, -0.2) is 18.0 Å². The largest absolute Gasteiger partial charge is 0.305 e. The number of hydrogen-bond acceptors (Lipinski definition) is 3. The molecule has 7 aromatic rings. The fraction of sp³-hybridized carbons (Fsp3) is 0.238. The number of rotatable bonds is 5. The van der Waals surface area contributed by atoms with Crippen molar-refractivity contribution in [3.05, 3.63) is 127 Å². The normalized spacial score (nSPS) is 14.6. The number of thiophene rings is 1. The Hall–Kier alpha value is -3.47. The van der Waals surface area contributed by atoms with Crippen molar-refractivity contribution in [1.29, 1.82) is 0 Å². The van der Waals surface area contributed by atoms with Crippen molar-refractivity contribution in [2.24, 2.45) is 5.92 Å². The Morgan fingerprint density at radius 2 is 1.57 bits per heavy atom. The molecule has 0 saturated heterocycles. The first-order valence-corrected chi connectivity index (χ1v) is 20.7. The molecule has 5 heteroatoms. The van der Waals surface area contributed by atoms with E-state index < -0.39 is 14.4 Å². The molecular weight excluding hydrogens is 785 g/mol. The van der Waals surface area contributed by atoms with E-state index in [0.717, 1.165) is 53.8 Å². The Morgan fingerprint density at radius 1 is 0.766 bits per heavy atom. The summed E-state index contributed by atoms with van der Waals surface area (Å²) in [6.07, 6.45) is 7.87. The van der Waals surface area contributed by atoms with Gasteiger partial charge < -0.3 is 9.97 Å². The van der Waals surface area contributed by atoms with Gasteiger partial charge in [-0.25, -0.2) is 0 Å². The molecule has 1 saturated carbocycles. The van der Waals surface area contributed by atoms with Crippen LogP contribution in [0.3, 0.4) is 0 Å². The maximum absolute atomic E-state index is 8.89. The summed E-state index contributed by atoms with van der Waals surface area (Å²) in [5.41, 5.74) is 4.58. The van der Waals surface area contributed by atoms with Gasteiger partial charge in [-0.2, -0.15) is 11.3 Å². The Labute approximate surface area is 300 Å². The van der Waals surface area contributed by atoms with Crippen molar-refractivity contribution in [2.75, 3.05) is 0 Å². The van der Waals surface area contributed by atoms with Gasteiger partial charge in [-0.1, -0.05) is 117 Å². The molecule has 8 rings (SSSR count). The van der Waals surface area contributed by atoms with Gasteiger partial charge in [-0.3, -0.25) is 0 Å². The van der Waals surface area contributed by atoms with Gasteiger partial charge in [-0.05, 0) is 55.8 Å². The first kappa shape index (κ1) is 30.8. The summed E-state index contributed by atoms with van der Waals surface area (Å²) in [6, 6.07) is 39.7. The Kier molecular flexibility index (Phi) is 9.67. The summed E-state index contributed by atoms with van der Waals surface area (Å²) in [6.45, 7) is 7.00. The van der Waals surface area contributed by atoms with Crippen LogP contribution in [0.4, 0.5) is 0 Å². The van der Waals surface area contributed by atoms with Crippen LogP contribution in [0, 0.1) is 18.1 Å². The van der Waals surface area contributed by atoms with E-state index in [9.17, 15) is 0 Å². The van der Waals surface area contributed by atoms with Crippen molar-refractivity contribution in [3.63, 3.8) is 0 Å². The molecule has 0 N–H and O–H groups in total. The molecule has 4 aromatic carbocycles. The van der Waals surface area contributed by atoms with Crippen molar-refractivity contribution in [2.45, 2.75) is 58.1 Å². The van der Waals surface area contributed by atoms with Crippen molar-refractivity contribution >= 4 is 55.5 Å². The van der Waals surface area contributed by atoms with Crippen LogP contribution >= 0.6 is 11.3 Å². The summed E-state index contributed by atoms with van der Waals surface area (Å²) in [5, 5.41) is 6.39. The predicted molar refractivity (Wildman–Crippen MR) is 201 cm³/mol. The molecule has 0 aliphatic heterocycles. The molecule has 3 heterocycles. The standard InChI is InChI=1S/C28H24NS.C14H16NSi.Ir/c1-2-7-19(8-3-1)17-20-15-16-29-26(18-20)25-12-6-11-23-24-14-13-21-9-4-5-10-22(21)27(24)30-28(23)25;1-16(2,3)13-9-10-14(15-11-13)12-7-5-4-6-8-12;/h4-6,9-11,13-16,18-19H,1-3,7-8,17H2;4-7,9-11H,1-3H3;/q2*-1;/i17D2;;. The predicted octanol–water partition coefficient (Wildman–Crippen LogP) is 11.3. The molecule has 1 radical (unpaired) electrons. The van der Waals surface area contributed by atoms with Gasteiger partial charge in [0.1, 0.15) is 0 Å². The number of fused-ring (bicyclic) bond motifs is 5. The van der Waals surface area contributed by atoms with Gasteiger partial charge in [0.05, 0.1) is 8.07 Å². The van der Waals surface area contributed by atoms with Gasteiger partial charge in [0.2, 0.25) is 0 Å². The van der Waals surface area contributed by atoms with Crippen LogP contribution in [-0.2, 0) is 26.5 Å². The molecule has 47 heavy (non-hydrogen) atoms. The molecule has 1 aliphatic carbocycles. The van der Waals surface area contributed by atoms with Gasteiger partial charge in [0.25, 0.3) is 0 Å². The average Bonchev–Trinajstić information content (AvgIpc) is 3.52. The molecule has 0 spiro atoms. The molecule has 0 atom stereocenters. The Balaban J connectivity index is 0.000000208. The van der Waals surface area contributed by atoms with E-state index in [1.807, 2.05) is 48.7 Å². The van der Waals surface area contributed by atoms with E-state index in [1.165, 1.54) is 42.6 Å². The van der Waals surface area contributed by atoms with Crippen LogP contribution in [0.1, 0.15) is 40.4 Å². The van der Waals surface area contributed by atoms with Gasteiger partial charge in [0.15, 0.2) is 0 Å². The number of nitrogens with zero attached hydrogens (tertiary/aromatic N) is 2. The average molecular weight is 827 g/mol. The molecule has 0 unspecified atom stereocenters. The maximum Gasteiger partial charge on any atom is 0.0795 e. The fourth-order valence-corrected chi connectivity index (χ4v) is 8.73. The quantitative estimate of drug-likeness (QED) is 0.128. The number of benzene rings is 4. The summed E-state index contributed by atoms with van der Waals surface area (Å²) in [7, 11) is -1.23. The third-order valence-corrected chi connectivity index (χ3v) is 12.2. The molecular formula is C42H40IrN2SSi-2. The zero-order valence-electron chi connectivity index (χ0n) is 29.1. The summed E-state index contributed by atoms with van der Waals surface area (Å²) in [5.74, 6) is 0.0852. The Bertz CT molecular complexity index is 2190. The SMILES string of the molecule is C[Si](C)(C)c1ccc(-c2[c-]cccc2)nc1.[2H]C([2H])(c1ccnc(-c2[c-]ccc3c2sc2c4ccccc4ccc32)c1)C1CCCCC1.[Ir]. The van der Waals surface area contributed by atoms with E-state index in [2.05, 4.69) is 96.3 Å². The zero-order chi connectivity index (χ0) is 33.3. The van der Waals surface area contributed by atoms with Crippen molar-refractivity contribution in [1.82, 2.24) is 9.97 Å². The summed E-state index contributed by atoms with van der Waals surface area (Å²) < 4.78 is 20.2. The van der Waals surface area contributed by atoms with Crippen LogP contribution in [0.25, 0.3) is 53.5 Å². The summed E-state index contributed by atoms with van der Waals surface area (Å²) in [4.78, 5) is 9.18. The Morgan fingerprint density at radius 3 is 2.34 bits per heavy atom. The number of hydrogen-bond donors (Lipinski definition) is 0. The molecule has 0 amide bonds. The first-order chi connectivity index (χ1) is 23.2. The smallest absolute Gasteiger partial charge is 0.0795 e. The zero-order valence-corrected chi connectivity index (χ0v) is 31.4. The van der Waals surface area contributed by atoms with E-state index >= 15 is 0 Å². The molecule has 1 aliphatic rings. The van der Waals surface area contributed by atoms with Crippen LogP contribution < -0.4 is 5.19 Å². The monoisotopic (exact) mass is 827 g/mol. The van der Waals surface area contributed by atoms with E-state index in [-0.39, 0.29) is 26.0 Å². The maximum atomic E-state index is 8.89. The molecule has 2 nitrogen and oxygen atoms in total. The summed E-state index contributed by atoms with van der Waals surface area (Å²) >= 11 is 1.79. The minimum Gasteiger partial charge on any atom is -0.305 e. The third kappa shape index (κ3) is 7.50.